The van der Waals surface area contributed by atoms with E-state index in [0.29, 0.717) is 49.0 Å². The first-order valence-corrected chi connectivity index (χ1v) is 10.2. The molecular formula is C22H27F3N4O2. The number of rotatable bonds is 8. The molecule has 6 N–H and O–H groups in total. The van der Waals surface area contributed by atoms with Crippen LogP contribution in [0.3, 0.4) is 0 Å². The molecule has 0 saturated carbocycles. The first-order chi connectivity index (χ1) is 14.7. The molecule has 1 aliphatic heterocycles. The monoisotopic (exact) mass is 436 g/mol. The van der Waals surface area contributed by atoms with Gasteiger partial charge in [-0.25, -0.2) is 0 Å². The quantitative estimate of drug-likeness (QED) is 0.246. The van der Waals surface area contributed by atoms with Crippen LogP contribution < -0.4 is 21.1 Å². The number of nitrogens with one attached hydrogen (secondary N) is 3. The minimum Gasteiger partial charge on any atom is -0.508 e. The van der Waals surface area contributed by atoms with Crippen molar-refractivity contribution >= 4 is 11.5 Å². The molecule has 1 aliphatic rings. The number of nitrogen functional groups attached to an aromatic ring is 1. The molecule has 31 heavy (non-hydrogen) atoms. The van der Waals surface area contributed by atoms with Gasteiger partial charge in [0.05, 0.1) is 5.56 Å². The Morgan fingerprint density at radius 2 is 1.94 bits per heavy atom. The summed E-state index contributed by atoms with van der Waals surface area (Å²) >= 11 is 0. The summed E-state index contributed by atoms with van der Waals surface area (Å²) in [5.74, 6) is -0.134. The maximum absolute atomic E-state index is 13.6. The van der Waals surface area contributed by atoms with Gasteiger partial charge in [0, 0.05) is 17.8 Å². The molecule has 2 aromatic carbocycles. The number of nitrogens with two attached hydrogens (primary N) is 1. The van der Waals surface area contributed by atoms with Gasteiger partial charge in [-0.3, -0.25) is 5.41 Å². The minimum atomic E-state index is -4.52. The van der Waals surface area contributed by atoms with Crippen LogP contribution in [0.2, 0.25) is 0 Å². The standard InChI is InChI=1S/C22H27F3N4O2/c23-22(24,25)18-13-16(4-6-20(18)31-17-7-10-28-11-8-17)29-9-1-2-14-12-15(21(26)27)3-5-19(14)30/h3-6,12-13,17,28-30H,1-2,7-11H2,(H3,26,27). The minimum absolute atomic E-state index is 0.0918. The Kier molecular flexibility index (Phi) is 7.27. The molecule has 0 spiro atoms. The van der Waals surface area contributed by atoms with E-state index in [-0.39, 0.29) is 23.4 Å². The van der Waals surface area contributed by atoms with E-state index in [4.69, 9.17) is 15.9 Å². The molecule has 1 heterocycles. The van der Waals surface area contributed by atoms with Gasteiger partial charge < -0.3 is 26.2 Å². The molecule has 0 aliphatic carbocycles. The number of amidine groups is 1. The molecular weight excluding hydrogens is 409 g/mol. The van der Waals surface area contributed by atoms with E-state index in [1.54, 1.807) is 18.2 Å². The largest absolute Gasteiger partial charge is 0.508 e. The SMILES string of the molecule is N=C(N)c1ccc(O)c(CCCNc2ccc(OC3CCNCC3)c(C(F)(F)F)c2)c1. The fraction of sp³-hybridized carbons (Fsp3) is 0.409. The zero-order chi connectivity index (χ0) is 22.4. The highest BCUT2D eigenvalue weighted by atomic mass is 19.4. The van der Waals surface area contributed by atoms with E-state index in [2.05, 4.69) is 10.6 Å². The molecule has 168 valence electrons. The highest BCUT2D eigenvalue weighted by Gasteiger charge is 2.35. The van der Waals surface area contributed by atoms with Gasteiger partial charge in [0.1, 0.15) is 23.4 Å². The van der Waals surface area contributed by atoms with Crippen molar-refractivity contribution in [1.29, 1.82) is 5.41 Å². The number of halogens is 3. The van der Waals surface area contributed by atoms with Crippen molar-refractivity contribution in [2.75, 3.05) is 25.0 Å². The molecule has 0 bridgehead atoms. The van der Waals surface area contributed by atoms with Gasteiger partial charge in [-0.1, -0.05) is 0 Å². The summed E-state index contributed by atoms with van der Waals surface area (Å²) in [6.45, 7) is 1.88. The van der Waals surface area contributed by atoms with Crippen molar-refractivity contribution in [2.24, 2.45) is 5.73 Å². The molecule has 2 aromatic rings. The molecule has 0 aromatic heterocycles. The number of hydrogen-bond donors (Lipinski definition) is 5. The normalized spacial score (nSPS) is 14.9. The molecule has 0 amide bonds. The lowest BCUT2D eigenvalue weighted by atomic mass is 10.0. The number of ether oxygens (including phenoxy) is 1. The number of hydrogen-bond acceptors (Lipinski definition) is 5. The second-order valence-corrected chi connectivity index (χ2v) is 7.56. The van der Waals surface area contributed by atoms with Crippen LogP contribution in [0, 0.1) is 5.41 Å². The van der Waals surface area contributed by atoms with E-state index in [1.165, 1.54) is 12.1 Å². The number of piperidine rings is 1. The molecule has 0 atom stereocenters. The second-order valence-electron chi connectivity index (χ2n) is 7.56. The second kappa shape index (κ2) is 9.91. The average molecular weight is 436 g/mol. The lowest BCUT2D eigenvalue weighted by Gasteiger charge is -2.25. The highest BCUT2D eigenvalue weighted by molar-refractivity contribution is 5.95. The van der Waals surface area contributed by atoms with E-state index in [0.717, 1.165) is 19.2 Å². The van der Waals surface area contributed by atoms with Gasteiger partial charge in [-0.2, -0.15) is 13.2 Å². The molecule has 1 saturated heterocycles. The summed E-state index contributed by atoms with van der Waals surface area (Å²) in [6, 6.07) is 8.72. The number of alkyl halides is 3. The van der Waals surface area contributed by atoms with Crippen molar-refractivity contribution in [2.45, 2.75) is 38.0 Å². The zero-order valence-electron chi connectivity index (χ0n) is 17.1. The summed E-state index contributed by atoms with van der Waals surface area (Å²) in [4.78, 5) is 0. The average Bonchev–Trinajstić information content (AvgIpc) is 2.73. The van der Waals surface area contributed by atoms with Gasteiger partial charge in [-0.15, -0.1) is 0 Å². The smallest absolute Gasteiger partial charge is 0.420 e. The predicted molar refractivity (Wildman–Crippen MR) is 114 cm³/mol. The van der Waals surface area contributed by atoms with Crippen LogP contribution in [-0.4, -0.2) is 36.7 Å². The Bertz CT molecular complexity index is 912. The first kappa shape index (κ1) is 22.7. The van der Waals surface area contributed by atoms with Gasteiger partial charge in [0.15, 0.2) is 0 Å². The Labute approximate surface area is 179 Å². The van der Waals surface area contributed by atoms with Gasteiger partial charge in [-0.05, 0) is 80.7 Å². The van der Waals surface area contributed by atoms with Crippen LogP contribution in [0.4, 0.5) is 18.9 Å². The maximum atomic E-state index is 13.6. The Morgan fingerprint density at radius 3 is 2.61 bits per heavy atom. The van der Waals surface area contributed by atoms with Crippen molar-refractivity contribution in [3.63, 3.8) is 0 Å². The third-order valence-corrected chi connectivity index (χ3v) is 5.21. The van der Waals surface area contributed by atoms with Crippen LogP contribution in [0.15, 0.2) is 36.4 Å². The molecule has 0 unspecified atom stereocenters. The summed E-state index contributed by atoms with van der Waals surface area (Å²) < 4.78 is 46.3. The third kappa shape index (κ3) is 6.27. The third-order valence-electron chi connectivity index (χ3n) is 5.21. The first-order valence-electron chi connectivity index (χ1n) is 10.2. The number of benzene rings is 2. The fourth-order valence-electron chi connectivity index (χ4n) is 3.52. The zero-order valence-corrected chi connectivity index (χ0v) is 17.1. The van der Waals surface area contributed by atoms with Crippen molar-refractivity contribution < 1.29 is 23.0 Å². The van der Waals surface area contributed by atoms with Crippen molar-refractivity contribution in [1.82, 2.24) is 5.32 Å². The number of aryl methyl sites for hydroxylation is 1. The predicted octanol–water partition coefficient (Wildman–Crippen LogP) is 3.87. The molecule has 1 fully saturated rings. The fourth-order valence-corrected chi connectivity index (χ4v) is 3.52. The Balaban J connectivity index is 1.61. The van der Waals surface area contributed by atoms with Gasteiger partial charge in [0.2, 0.25) is 0 Å². The molecule has 3 rings (SSSR count). The lowest BCUT2D eigenvalue weighted by Crippen LogP contribution is -2.34. The van der Waals surface area contributed by atoms with Gasteiger partial charge >= 0.3 is 6.18 Å². The highest BCUT2D eigenvalue weighted by Crippen LogP contribution is 2.38. The van der Waals surface area contributed by atoms with E-state index < -0.39 is 11.7 Å². The maximum Gasteiger partial charge on any atom is 0.420 e. The van der Waals surface area contributed by atoms with E-state index >= 15 is 0 Å². The van der Waals surface area contributed by atoms with Crippen molar-refractivity contribution in [3.05, 3.63) is 53.1 Å². The van der Waals surface area contributed by atoms with Crippen LogP contribution in [0.1, 0.15) is 36.0 Å². The number of anilines is 1. The summed E-state index contributed by atoms with van der Waals surface area (Å²) in [6.07, 6.45) is -2.32. The summed E-state index contributed by atoms with van der Waals surface area (Å²) in [5.41, 5.74) is 6.18. The number of phenolic OH excluding ortho intramolecular Hbond substituents is 1. The topological polar surface area (TPSA) is 103 Å². The Morgan fingerprint density at radius 1 is 1.19 bits per heavy atom. The Hall–Kier alpha value is -2.94. The lowest BCUT2D eigenvalue weighted by molar-refractivity contribution is -0.139. The molecule has 9 heteroatoms. The van der Waals surface area contributed by atoms with E-state index in [9.17, 15) is 18.3 Å². The van der Waals surface area contributed by atoms with Crippen LogP contribution >= 0.6 is 0 Å². The van der Waals surface area contributed by atoms with Crippen LogP contribution in [-0.2, 0) is 12.6 Å². The number of phenols is 1. The van der Waals surface area contributed by atoms with Gasteiger partial charge in [0.25, 0.3) is 0 Å². The van der Waals surface area contributed by atoms with Crippen molar-refractivity contribution in [3.8, 4) is 11.5 Å². The summed E-state index contributed by atoms with van der Waals surface area (Å²) in [7, 11) is 0. The van der Waals surface area contributed by atoms with E-state index in [1.807, 2.05) is 0 Å². The number of aromatic hydroxyl groups is 1. The van der Waals surface area contributed by atoms with Crippen LogP contribution in [0.25, 0.3) is 0 Å². The van der Waals surface area contributed by atoms with Crippen LogP contribution in [0.5, 0.6) is 11.5 Å². The summed E-state index contributed by atoms with van der Waals surface area (Å²) in [5, 5.41) is 23.6. The molecule has 6 nitrogen and oxygen atoms in total. The molecule has 0 radical (unpaired) electrons.